The van der Waals surface area contributed by atoms with Crippen LogP contribution < -0.4 is 5.73 Å². The number of aromatic nitrogens is 2. The van der Waals surface area contributed by atoms with Crippen LogP contribution >= 0.6 is 0 Å². The average molecular weight is 254 g/mol. The molecule has 98 valence electrons. The lowest BCUT2D eigenvalue weighted by atomic mass is 10.1. The predicted octanol–water partition coefficient (Wildman–Crippen LogP) is 3.11. The molecule has 0 aliphatic heterocycles. The van der Waals surface area contributed by atoms with Gasteiger partial charge >= 0.3 is 0 Å². The Balaban J connectivity index is 2.43. The number of hydrogen-bond acceptors (Lipinski definition) is 3. The number of anilines is 1. The number of benzene rings is 1. The molecule has 4 nitrogen and oxygen atoms in total. The SMILES string of the molecule is CCCCn1c(C)nc(-c2cccc(C#N)c2)c1N. The lowest BCUT2D eigenvalue weighted by molar-refractivity contribution is 0.622. The minimum Gasteiger partial charge on any atom is -0.383 e. The van der Waals surface area contributed by atoms with Gasteiger partial charge in [0.05, 0.1) is 11.6 Å². The van der Waals surface area contributed by atoms with Crippen LogP contribution in [-0.2, 0) is 6.54 Å². The monoisotopic (exact) mass is 254 g/mol. The van der Waals surface area contributed by atoms with Crippen LogP contribution in [0.25, 0.3) is 11.3 Å². The molecule has 2 N–H and O–H groups in total. The zero-order valence-electron chi connectivity index (χ0n) is 11.3. The molecule has 0 fully saturated rings. The number of aryl methyl sites for hydroxylation is 1. The summed E-state index contributed by atoms with van der Waals surface area (Å²) in [4.78, 5) is 4.54. The molecule has 1 aromatic carbocycles. The number of nitriles is 1. The molecule has 0 amide bonds. The zero-order valence-corrected chi connectivity index (χ0v) is 11.3. The average Bonchev–Trinajstić information content (AvgIpc) is 2.72. The van der Waals surface area contributed by atoms with E-state index >= 15 is 0 Å². The van der Waals surface area contributed by atoms with Crippen molar-refractivity contribution in [3.63, 3.8) is 0 Å². The van der Waals surface area contributed by atoms with Crippen LogP contribution in [0.15, 0.2) is 24.3 Å². The highest BCUT2D eigenvalue weighted by Crippen LogP contribution is 2.27. The van der Waals surface area contributed by atoms with Crippen LogP contribution in [0.3, 0.4) is 0 Å². The summed E-state index contributed by atoms with van der Waals surface area (Å²) in [6, 6.07) is 9.53. The predicted molar refractivity (Wildman–Crippen MR) is 76.4 cm³/mol. The van der Waals surface area contributed by atoms with Gasteiger partial charge in [0.2, 0.25) is 0 Å². The highest BCUT2D eigenvalue weighted by molar-refractivity contribution is 5.72. The van der Waals surface area contributed by atoms with Gasteiger partial charge in [0.15, 0.2) is 0 Å². The molecule has 0 unspecified atom stereocenters. The molecule has 1 aromatic heterocycles. The van der Waals surface area contributed by atoms with Crippen molar-refractivity contribution in [2.45, 2.75) is 33.2 Å². The Morgan fingerprint density at radius 3 is 2.89 bits per heavy atom. The Morgan fingerprint density at radius 2 is 2.21 bits per heavy atom. The van der Waals surface area contributed by atoms with Gasteiger partial charge in [-0.1, -0.05) is 25.5 Å². The van der Waals surface area contributed by atoms with E-state index in [0.29, 0.717) is 11.4 Å². The van der Waals surface area contributed by atoms with Gasteiger partial charge in [0.1, 0.15) is 17.3 Å². The first kappa shape index (κ1) is 13.2. The van der Waals surface area contributed by atoms with Crippen molar-refractivity contribution in [1.82, 2.24) is 9.55 Å². The summed E-state index contributed by atoms with van der Waals surface area (Å²) in [6.07, 6.45) is 2.20. The summed E-state index contributed by atoms with van der Waals surface area (Å²) in [6.45, 7) is 5.00. The van der Waals surface area contributed by atoms with Crippen molar-refractivity contribution in [2.75, 3.05) is 5.73 Å². The number of rotatable bonds is 4. The van der Waals surface area contributed by atoms with Crippen molar-refractivity contribution in [3.05, 3.63) is 35.7 Å². The second-order valence-electron chi connectivity index (χ2n) is 4.59. The Hall–Kier alpha value is -2.28. The topological polar surface area (TPSA) is 67.6 Å². The van der Waals surface area contributed by atoms with E-state index in [4.69, 9.17) is 11.0 Å². The molecule has 0 bridgehead atoms. The first-order valence-electron chi connectivity index (χ1n) is 6.50. The summed E-state index contributed by atoms with van der Waals surface area (Å²) in [7, 11) is 0. The lowest BCUT2D eigenvalue weighted by Crippen LogP contribution is -2.04. The number of nitrogen functional groups attached to an aromatic ring is 1. The summed E-state index contributed by atoms with van der Waals surface area (Å²) in [5.74, 6) is 1.60. The lowest BCUT2D eigenvalue weighted by Gasteiger charge is -2.06. The number of nitrogens with two attached hydrogens (primary N) is 1. The third kappa shape index (κ3) is 2.60. The fraction of sp³-hybridized carbons (Fsp3) is 0.333. The number of nitrogens with zero attached hydrogens (tertiary/aromatic N) is 3. The molecule has 0 saturated heterocycles. The van der Waals surface area contributed by atoms with E-state index in [1.165, 1.54) is 0 Å². The molecule has 0 aliphatic rings. The summed E-state index contributed by atoms with van der Waals surface area (Å²) >= 11 is 0. The van der Waals surface area contributed by atoms with Crippen molar-refractivity contribution < 1.29 is 0 Å². The summed E-state index contributed by atoms with van der Waals surface area (Å²) in [5, 5.41) is 8.95. The zero-order chi connectivity index (χ0) is 13.8. The van der Waals surface area contributed by atoms with E-state index < -0.39 is 0 Å². The van der Waals surface area contributed by atoms with Crippen LogP contribution in [-0.4, -0.2) is 9.55 Å². The standard InChI is InChI=1S/C15H18N4/c1-3-4-8-19-11(2)18-14(15(19)17)13-7-5-6-12(9-13)10-16/h5-7,9H,3-4,8,17H2,1-2H3. The molecule has 0 radical (unpaired) electrons. The highest BCUT2D eigenvalue weighted by Gasteiger charge is 2.13. The molecular weight excluding hydrogens is 236 g/mol. The Bertz CT molecular complexity index is 620. The molecule has 1 heterocycles. The maximum Gasteiger partial charge on any atom is 0.131 e. The highest BCUT2D eigenvalue weighted by atomic mass is 15.1. The fourth-order valence-electron chi connectivity index (χ4n) is 2.13. The largest absolute Gasteiger partial charge is 0.383 e. The second-order valence-corrected chi connectivity index (χ2v) is 4.59. The molecular formula is C15H18N4. The fourth-order valence-corrected chi connectivity index (χ4v) is 2.13. The number of hydrogen-bond donors (Lipinski definition) is 1. The van der Waals surface area contributed by atoms with Gasteiger partial charge in [-0.3, -0.25) is 0 Å². The van der Waals surface area contributed by atoms with Crippen molar-refractivity contribution in [1.29, 1.82) is 5.26 Å². The maximum atomic E-state index is 8.95. The van der Waals surface area contributed by atoms with E-state index in [0.717, 1.165) is 36.5 Å². The first-order valence-corrected chi connectivity index (χ1v) is 6.50. The first-order chi connectivity index (χ1) is 9.17. The Morgan fingerprint density at radius 1 is 1.42 bits per heavy atom. The maximum absolute atomic E-state index is 8.95. The van der Waals surface area contributed by atoms with Crippen molar-refractivity contribution in [2.24, 2.45) is 0 Å². The Kier molecular flexibility index (Phi) is 3.86. The minimum atomic E-state index is 0.623. The third-order valence-corrected chi connectivity index (χ3v) is 3.20. The van der Waals surface area contributed by atoms with Crippen molar-refractivity contribution in [3.8, 4) is 17.3 Å². The Labute approximate surface area is 113 Å². The molecule has 0 saturated carbocycles. The van der Waals surface area contributed by atoms with Gasteiger partial charge in [-0.15, -0.1) is 0 Å². The molecule has 0 atom stereocenters. The number of unbranched alkanes of at least 4 members (excludes halogenated alkanes) is 1. The quantitative estimate of drug-likeness (QED) is 0.911. The van der Waals surface area contributed by atoms with E-state index in [2.05, 4.69) is 18.0 Å². The van der Waals surface area contributed by atoms with Crippen LogP contribution in [0.2, 0.25) is 0 Å². The molecule has 2 rings (SSSR count). The van der Waals surface area contributed by atoms with Gasteiger partial charge in [-0.25, -0.2) is 4.98 Å². The van der Waals surface area contributed by atoms with Gasteiger partial charge in [0, 0.05) is 12.1 Å². The van der Waals surface area contributed by atoms with Crippen LogP contribution in [0.1, 0.15) is 31.2 Å². The number of imidazole rings is 1. The van der Waals surface area contributed by atoms with Gasteiger partial charge < -0.3 is 10.3 Å². The smallest absolute Gasteiger partial charge is 0.131 e. The summed E-state index contributed by atoms with van der Waals surface area (Å²) < 4.78 is 2.04. The minimum absolute atomic E-state index is 0.623. The van der Waals surface area contributed by atoms with Crippen molar-refractivity contribution >= 4 is 5.82 Å². The summed E-state index contributed by atoms with van der Waals surface area (Å²) in [5.41, 5.74) is 8.48. The van der Waals surface area contributed by atoms with Gasteiger partial charge in [-0.05, 0) is 25.5 Å². The molecule has 19 heavy (non-hydrogen) atoms. The molecule has 0 spiro atoms. The van der Waals surface area contributed by atoms with E-state index in [-0.39, 0.29) is 0 Å². The second kappa shape index (κ2) is 5.57. The van der Waals surface area contributed by atoms with Gasteiger partial charge in [-0.2, -0.15) is 5.26 Å². The molecule has 4 heteroatoms. The van der Waals surface area contributed by atoms with E-state index in [1.807, 2.05) is 29.7 Å². The van der Waals surface area contributed by atoms with Crippen LogP contribution in [0.5, 0.6) is 0 Å². The molecule has 0 aliphatic carbocycles. The third-order valence-electron chi connectivity index (χ3n) is 3.20. The van der Waals surface area contributed by atoms with Crippen LogP contribution in [0.4, 0.5) is 5.82 Å². The van der Waals surface area contributed by atoms with Gasteiger partial charge in [0.25, 0.3) is 0 Å². The van der Waals surface area contributed by atoms with E-state index in [9.17, 15) is 0 Å². The normalized spacial score (nSPS) is 10.4. The van der Waals surface area contributed by atoms with Crippen LogP contribution in [0, 0.1) is 18.3 Å². The van der Waals surface area contributed by atoms with E-state index in [1.54, 1.807) is 6.07 Å². The molecule has 2 aromatic rings.